The smallest absolute Gasteiger partial charge is 0.341 e. The molecule has 0 fully saturated rings. The van der Waals surface area contributed by atoms with Crippen LogP contribution in [0.3, 0.4) is 0 Å². The van der Waals surface area contributed by atoms with Gasteiger partial charge in [-0.25, -0.2) is 9.78 Å². The van der Waals surface area contributed by atoms with Gasteiger partial charge in [0.1, 0.15) is 5.75 Å². The number of aromatic nitrogens is 1. The Morgan fingerprint density at radius 3 is 2.70 bits per heavy atom. The highest BCUT2D eigenvalue weighted by Crippen LogP contribution is 2.26. The first-order valence-electron chi connectivity index (χ1n) is 7.29. The number of benzene rings is 1. The third-order valence-corrected chi connectivity index (χ3v) is 3.78. The predicted molar refractivity (Wildman–Crippen MR) is 88.8 cm³/mol. The second-order valence-corrected chi connectivity index (χ2v) is 5.75. The Morgan fingerprint density at radius 1 is 1.30 bits per heavy atom. The number of unbranched alkanes of at least 4 members (excludes halogenated alkanes) is 1. The zero-order valence-electron chi connectivity index (χ0n) is 12.7. The SMILES string of the molecule is CCCCC(=O)Nc1nc(-c2ccc(OCC(=O)O)cc2)cs1. The van der Waals surface area contributed by atoms with Crippen LogP contribution < -0.4 is 10.1 Å². The number of carboxylic acid groups (broad SMARTS) is 1. The lowest BCUT2D eigenvalue weighted by molar-refractivity contribution is -0.139. The molecule has 0 saturated heterocycles. The number of rotatable bonds is 8. The van der Waals surface area contributed by atoms with Crippen LogP contribution in [0.1, 0.15) is 26.2 Å². The highest BCUT2D eigenvalue weighted by Gasteiger charge is 2.08. The number of anilines is 1. The van der Waals surface area contributed by atoms with Gasteiger partial charge in [-0.05, 0) is 30.7 Å². The summed E-state index contributed by atoms with van der Waals surface area (Å²) in [6.07, 6.45) is 2.34. The van der Waals surface area contributed by atoms with Crippen LogP contribution in [0, 0.1) is 0 Å². The van der Waals surface area contributed by atoms with Gasteiger partial charge < -0.3 is 15.2 Å². The molecule has 0 saturated carbocycles. The van der Waals surface area contributed by atoms with Crippen molar-refractivity contribution in [3.63, 3.8) is 0 Å². The Balaban J connectivity index is 1.97. The zero-order valence-corrected chi connectivity index (χ0v) is 13.6. The van der Waals surface area contributed by atoms with E-state index in [0.717, 1.165) is 24.1 Å². The molecule has 0 atom stereocenters. The van der Waals surface area contributed by atoms with Crippen LogP contribution in [0.5, 0.6) is 5.75 Å². The third-order valence-electron chi connectivity index (χ3n) is 3.02. The van der Waals surface area contributed by atoms with Crippen molar-refractivity contribution in [2.24, 2.45) is 0 Å². The van der Waals surface area contributed by atoms with E-state index in [9.17, 15) is 9.59 Å². The third kappa shape index (κ3) is 5.37. The first-order chi connectivity index (χ1) is 11.1. The highest BCUT2D eigenvalue weighted by atomic mass is 32.1. The van der Waals surface area contributed by atoms with Crippen molar-refractivity contribution in [1.29, 1.82) is 0 Å². The minimum Gasteiger partial charge on any atom is -0.482 e. The van der Waals surface area contributed by atoms with Crippen molar-refractivity contribution < 1.29 is 19.4 Å². The molecular weight excluding hydrogens is 316 g/mol. The molecule has 2 rings (SSSR count). The Bertz CT molecular complexity index is 667. The lowest BCUT2D eigenvalue weighted by Gasteiger charge is -2.03. The van der Waals surface area contributed by atoms with Gasteiger partial charge in [0.05, 0.1) is 5.69 Å². The molecular formula is C16H18N2O4S. The number of ether oxygens (including phenoxy) is 1. The summed E-state index contributed by atoms with van der Waals surface area (Å²) < 4.78 is 5.08. The lowest BCUT2D eigenvalue weighted by atomic mass is 10.2. The van der Waals surface area contributed by atoms with Crippen molar-refractivity contribution in [3.8, 4) is 17.0 Å². The van der Waals surface area contributed by atoms with Crippen LogP contribution in [-0.2, 0) is 9.59 Å². The second kappa shape index (κ2) is 8.28. The molecule has 0 spiro atoms. The van der Waals surface area contributed by atoms with Gasteiger partial charge in [-0.1, -0.05) is 13.3 Å². The average molecular weight is 334 g/mol. The summed E-state index contributed by atoms with van der Waals surface area (Å²) in [5.41, 5.74) is 1.63. The normalized spacial score (nSPS) is 10.3. The first kappa shape index (κ1) is 17.0. The van der Waals surface area contributed by atoms with Crippen molar-refractivity contribution in [3.05, 3.63) is 29.6 Å². The molecule has 0 radical (unpaired) electrons. The van der Waals surface area contributed by atoms with Crippen molar-refractivity contribution in [1.82, 2.24) is 4.98 Å². The maximum Gasteiger partial charge on any atom is 0.341 e. The molecule has 0 bridgehead atoms. The number of hydrogen-bond donors (Lipinski definition) is 2. The second-order valence-electron chi connectivity index (χ2n) is 4.90. The van der Waals surface area contributed by atoms with Gasteiger partial charge in [-0.15, -0.1) is 11.3 Å². The number of carbonyl (C=O) groups is 2. The van der Waals surface area contributed by atoms with E-state index in [2.05, 4.69) is 10.3 Å². The van der Waals surface area contributed by atoms with E-state index in [0.29, 0.717) is 17.3 Å². The minimum absolute atomic E-state index is 0.0230. The molecule has 23 heavy (non-hydrogen) atoms. The Labute approximate surface area is 138 Å². The standard InChI is InChI=1S/C16H18N2O4S/c1-2-3-4-14(19)18-16-17-13(10-23-16)11-5-7-12(8-6-11)22-9-15(20)21/h5-8,10H,2-4,9H2,1H3,(H,20,21)(H,17,18,19). The fourth-order valence-electron chi connectivity index (χ4n) is 1.85. The number of carbonyl (C=O) groups excluding carboxylic acids is 1. The fourth-order valence-corrected chi connectivity index (χ4v) is 2.59. The zero-order chi connectivity index (χ0) is 16.7. The van der Waals surface area contributed by atoms with E-state index >= 15 is 0 Å². The number of nitrogens with one attached hydrogen (secondary N) is 1. The van der Waals surface area contributed by atoms with Crippen LogP contribution in [0.25, 0.3) is 11.3 Å². The molecule has 2 aromatic rings. The van der Waals surface area contributed by atoms with Crippen LogP contribution in [0.4, 0.5) is 5.13 Å². The monoisotopic (exact) mass is 334 g/mol. The van der Waals surface area contributed by atoms with Crippen LogP contribution >= 0.6 is 11.3 Å². The number of thiazole rings is 1. The Morgan fingerprint density at radius 2 is 2.04 bits per heavy atom. The summed E-state index contributed by atoms with van der Waals surface area (Å²) in [6, 6.07) is 6.98. The molecule has 1 amide bonds. The number of aliphatic carboxylic acids is 1. The summed E-state index contributed by atoms with van der Waals surface area (Å²) in [4.78, 5) is 26.5. The Kier molecular flexibility index (Phi) is 6.10. The fraction of sp³-hybridized carbons (Fsp3) is 0.312. The quantitative estimate of drug-likeness (QED) is 0.772. The lowest BCUT2D eigenvalue weighted by Crippen LogP contribution is -2.10. The van der Waals surface area contributed by atoms with E-state index in [-0.39, 0.29) is 12.5 Å². The summed E-state index contributed by atoms with van der Waals surface area (Å²) in [6.45, 7) is 1.67. The highest BCUT2D eigenvalue weighted by molar-refractivity contribution is 7.14. The molecule has 6 nitrogen and oxygen atoms in total. The van der Waals surface area contributed by atoms with Gasteiger partial charge in [0.2, 0.25) is 5.91 Å². The summed E-state index contributed by atoms with van der Waals surface area (Å²) in [5, 5.41) is 13.8. The minimum atomic E-state index is -1.02. The van der Waals surface area contributed by atoms with Gasteiger partial charge in [0, 0.05) is 17.4 Å². The molecule has 2 N–H and O–H groups in total. The van der Waals surface area contributed by atoms with Crippen LogP contribution in [-0.4, -0.2) is 28.6 Å². The molecule has 0 aliphatic carbocycles. The van der Waals surface area contributed by atoms with E-state index in [1.165, 1.54) is 11.3 Å². The van der Waals surface area contributed by atoms with Crippen LogP contribution in [0.15, 0.2) is 29.6 Å². The van der Waals surface area contributed by atoms with Gasteiger partial charge in [0.25, 0.3) is 0 Å². The van der Waals surface area contributed by atoms with Gasteiger partial charge in [-0.2, -0.15) is 0 Å². The largest absolute Gasteiger partial charge is 0.482 e. The maximum atomic E-state index is 11.7. The molecule has 0 aliphatic rings. The number of amides is 1. The van der Waals surface area contributed by atoms with Crippen molar-refractivity contribution in [2.75, 3.05) is 11.9 Å². The van der Waals surface area contributed by atoms with Crippen LogP contribution in [0.2, 0.25) is 0 Å². The molecule has 7 heteroatoms. The Hall–Kier alpha value is -2.41. The molecule has 1 heterocycles. The summed E-state index contributed by atoms with van der Waals surface area (Å²) in [7, 11) is 0. The summed E-state index contributed by atoms with van der Waals surface area (Å²) >= 11 is 1.37. The van der Waals surface area contributed by atoms with E-state index < -0.39 is 5.97 Å². The number of nitrogens with zero attached hydrogens (tertiary/aromatic N) is 1. The van der Waals surface area contributed by atoms with E-state index in [1.54, 1.807) is 24.3 Å². The van der Waals surface area contributed by atoms with Crippen molar-refractivity contribution in [2.45, 2.75) is 26.2 Å². The number of carboxylic acids is 1. The molecule has 0 aliphatic heterocycles. The predicted octanol–water partition coefficient (Wildman–Crippen LogP) is 3.40. The van der Waals surface area contributed by atoms with E-state index in [1.807, 2.05) is 12.3 Å². The van der Waals surface area contributed by atoms with E-state index in [4.69, 9.17) is 9.84 Å². The summed E-state index contributed by atoms with van der Waals surface area (Å²) in [5.74, 6) is -0.554. The molecule has 1 aromatic carbocycles. The molecule has 122 valence electrons. The maximum absolute atomic E-state index is 11.7. The first-order valence-corrected chi connectivity index (χ1v) is 8.17. The average Bonchev–Trinajstić information content (AvgIpc) is 3.00. The van der Waals surface area contributed by atoms with Gasteiger partial charge in [0.15, 0.2) is 11.7 Å². The van der Waals surface area contributed by atoms with Crippen molar-refractivity contribution >= 4 is 28.3 Å². The van der Waals surface area contributed by atoms with Gasteiger partial charge in [-0.3, -0.25) is 4.79 Å². The molecule has 0 unspecified atom stereocenters. The molecule has 1 aromatic heterocycles. The topological polar surface area (TPSA) is 88.5 Å². The number of hydrogen-bond acceptors (Lipinski definition) is 5. The van der Waals surface area contributed by atoms with Gasteiger partial charge >= 0.3 is 5.97 Å².